The molecule has 6 heteroatoms. The number of anilines is 2. The van der Waals surface area contributed by atoms with Crippen LogP contribution in [0.2, 0.25) is 0 Å². The molecule has 98 valence electrons. The molecule has 5 nitrogen and oxygen atoms in total. The van der Waals surface area contributed by atoms with Crippen molar-refractivity contribution in [3.05, 3.63) is 50.3 Å². The molecule has 0 atom stereocenters. The third kappa shape index (κ3) is 2.54. The fraction of sp³-hybridized carbons (Fsp3) is 0.231. The summed E-state index contributed by atoms with van der Waals surface area (Å²) >= 11 is 3.45. The van der Waals surface area contributed by atoms with Crippen molar-refractivity contribution in [1.82, 2.24) is 15.3 Å². The second kappa shape index (κ2) is 5.14. The lowest BCUT2D eigenvalue weighted by molar-refractivity contribution is 0.620. The van der Waals surface area contributed by atoms with Crippen LogP contribution in [0.15, 0.2) is 33.5 Å². The molecule has 0 radical (unpaired) electrons. The molecule has 1 aromatic carbocycles. The van der Waals surface area contributed by atoms with Crippen LogP contribution in [0, 0.1) is 0 Å². The molecule has 1 aliphatic heterocycles. The van der Waals surface area contributed by atoms with Crippen molar-refractivity contribution in [3.63, 3.8) is 0 Å². The van der Waals surface area contributed by atoms with Crippen molar-refractivity contribution in [2.24, 2.45) is 0 Å². The largest absolute Gasteiger partial charge is 0.325 e. The lowest BCUT2D eigenvalue weighted by Crippen LogP contribution is -2.31. The third-order valence-electron chi connectivity index (χ3n) is 3.07. The van der Waals surface area contributed by atoms with E-state index in [0.29, 0.717) is 12.5 Å². The molecule has 0 amide bonds. The molecule has 3 rings (SSSR count). The normalized spacial score (nSPS) is 13.9. The van der Waals surface area contributed by atoms with Gasteiger partial charge in [-0.05, 0) is 41.0 Å². The van der Waals surface area contributed by atoms with E-state index in [4.69, 9.17) is 0 Å². The topological polar surface area (TPSA) is 69.8 Å². The van der Waals surface area contributed by atoms with E-state index in [-0.39, 0.29) is 5.56 Å². The first-order valence-electron chi connectivity index (χ1n) is 6.08. The van der Waals surface area contributed by atoms with Crippen LogP contribution in [0.3, 0.4) is 0 Å². The lowest BCUT2D eigenvalue weighted by Gasteiger charge is -2.16. The Bertz CT molecular complexity index is 668. The minimum Gasteiger partial charge on any atom is -0.325 e. The molecular formula is C13H13BrN4O. The number of halogens is 1. The minimum atomic E-state index is -0.0546. The van der Waals surface area contributed by atoms with Crippen LogP contribution in [-0.2, 0) is 13.0 Å². The third-order valence-corrected chi connectivity index (χ3v) is 3.76. The van der Waals surface area contributed by atoms with E-state index >= 15 is 0 Å². The zero-order valence-electron chi connectivity index (χ0n) is 10.2. The van der Waals surface area contributed by atoms with Crippen molar-refractivity contribution >= 4 is 27.6 Å². The Kier molecular flexibility index (Phi) is 3.35. The number of aromatic nitrogens is 2. The van der Waals surface area contributed by atoms with Gasteiger partial charge in [0.15, 0.2) is 0 Å². The van der Waals surface area contributed by atoms with Crippen LogP contribution in [0.1, 0.15) is 11.3 Å². The molecule has 1 aromatic heterocycles. The number of para-hydroxylation sites is 1. The summed E-state index contributed by atoms with van der Waals surface area (Å²) in [6, 6.07) is 7.70. The maximum Gasteiger partial charge on any atom is 0.255 e. The van der Waals surface area contributed by atoms with Gasteiger partial charge in [0.2, 0.25) is 5.95 Å². The number of H-pyrrole nitrogens is 1. The molecule has 1 aliphatic rings. The maximum atomic E-state index is 12.0. The van der Waals surface area contributed by atoms with Gasteiger partial charge in [0.05, 0.1) is 11.4 Å². The van der Waals surface area contributed by atoms with Crippen molar-refractivity contribution in [2.75, 3.05) is 11.9 Å². The molecule has 2 heterocycles. The number of fused-ring (bicyclic) bond motifs is 1. The maximum absolute atomic E-state index is 12.0. The number of nitrogens with zero attached hydrogens (tertiary/aromatic N) is 1. The summed E-state index contributed by atoms with van der Waals surface area (Å²) in [5, 5.41) is 6.34. The zero-order valence-corrected chi connectivity index (χ0v) is 11.8. The molecule has 0 spiro atoms. The average Bonchev–Trinajstić information content (AvgIpc) is 2.42. The first-order valence-corrected chi connectivity index (χ1v) is 6.87. The van der Waals surface area contributed by atoms with E-state index in [1.807, 2.05) is 24.3 Å². The highest BCUT2D eigenvalue weighted by atomic mass is 79.9. The Hall–Kier alpha value is -1.66. The number of rotatable bonds is 2. The van der Waals surface area contributed by atoms with Gasteiger partial charge < -0.3 is 10.6 Å². The molecule has 19 heavy (non-hydrogen) atoms. The predicted octanol–water partition coefficient (Wildman–Crippen LogP) is 1.92. The number of hydrogen-bond acceptors (Lipinski definition) is 4. The first kappa shape index (κ1) is 12.4. The van der Waals surface area contributed by atoms with Crippen molar-refractivity contribution < 1.29 is 0 Å². The standard InChI is InChI=1S/C13H13BrN4O/c14-9-3-1-2-4-10(9)16-13-17-11-7-15-6-5-8(11)12(19)18-13/h1-4,15H,5-7H2,(H2,16,17,18,19). The van der Waals surface area contributed by atoms with Gasteiger partial charge >= 0.3 is 0 Å². The van der Waals surface area contributed by atoms with E-state index in [2.05, 4.69) is 36.5 Å². The van der Waals surface area contributed by atoms with Crippen LogP contribution >= 0.6 is 15.9 Å². The summed E-state index contributed by atoms with van der Waals surface area (Å²) in [4.78, 5) is 19.2. The van der Waals surface area contributed by atoms with Crippen molar-refractivity contribution in [3.8, 4) is 0 Å². The summed E-state index contributed by atoms with van der Waals surface area (Å²) in [5.74, 6) is 0.472. The molecule has 0 fully saturated rings. The Labute approximate surface area is 118 Å². The monoisotopic (exact) mass is 320 g/mol. The predicted molar refractivity (Wildman–Crippen MR) is 77.7 cm³/mol. The average molecular weight is 321 g/mol. The molecule has 2 aromatic rings. The summed E-state index contributed by atoms with van der Waals surface area (Å²) in [7, 11) is 0. The highest BCUT2D eigenvalue weighted by Crippen LogP contribution is 2.23. The van der Waals surface area contributed by atoms with E-state index in [9.17, 15) is 4.79 Å². The SMILES string of the molecule is O=c1[nH]c(Nc2ccccc2Br)nc2c1CCNC2. The van der Waals surface area contributed by atoms with Crippen molar-refractivity contribution in [2.45, 2.75) is 13.0 Å². The van der Waals surface area contributed by atoms with E-state index < -0.39 is 0 Å². The smallest absolute Gasteiger partial charge is 0.255 e. The Balaban J connectivity index is 1.96. The number of hydrogen-bond donors (Lipinski definition) is 3. The van der Waals surface area contributed by atoms with Gasteiger partial charge in [0.1, 0.15) is 0 Å². The first-order chi connectivity index (χ1) is 9.24. The van der Waals surface area contributed by atoms with Gasteiger partial charge in [-0.2, -0.15) is 0 Å². The molecule has 0 unspecified atom stereocenters. The van der Waals surface area contributed by atoms with Gasteiger partial charge in [0.25, 0.3) is 5.56 Å². The van der Waals surface area contributed by atoms with Gasteiger partial charge in [0, 0.05) is 16.6 Å². The summed E-state index contributed by atoms with van der Waals surface area (Å²) in [6.07, 6.45) is 0.729. The summed E-state index contributed by atoms with van der Waals surface area (Å²) < 4.78 is 0.925. The van der Waals surface area contributed by atoms with E-state index in [0.717, 1.165) is 34.4 Å². The van der Waals surface area contributed by atoms with Gasteiger partial charge in [-0.3, -0.25) is 9.78 Å². The Morgan fingerprint density at radius 3 is 3.00 bits per heavy atom. The van der Waals surface area contributed by atoms with Gasteiger partial charge in [-0.25, -0.2) is 4.98 Å². The zero-order chi connectivity index (χ0) is 13.2. The van der Waals surface area contributed by atoms with E-state index in [1.54, 1.807) is 0 Å². The fourth-order valence-corrected chi connectivity index (χ4v) is 2.50. The van der Waals surface area contributed by atoms with Crippen LogP contribution in [0.25, 0.3) is 0 Å². The summed E-state index contributed by atoms with van der Waals surface area (Å²) in [6.45, 7) is 1.47. The second-order valence-electron chi connectivity index (χ2n) is 4.37. The molecular weight excluding hydrogens is 308 g/mol. The number of aromatic amines is 1. The van der Waals surface area contributed by atoms with Crippen LogP contribution in [0.4, 0.5) is 11.6 Å². The van der Waals surface area contributed by atoms with Gasteiger partial charge in [-0.15, -0.1) is 0 Å². The fourth-order valence-electron chi connectivity index (χ4n) is 2.12. The van der Waals surface area contributed by atoms with Gasteiger partial charge in [-0.1, -0.05) is 12.1 Å². The summed E-state index contributed by atoms with van der Waals surface area (Å²) in [5.41, 5.74) is 2.43. The Morgan fingerprint density at radius 1 is 1.32 bits per heavy atom. The molecule has 0 saturated heterocycles. The van der Waals surface area contributed by atoms with Crippen molar-refractivity contribution in [1.29, 1.82) is 0 Å². The highest BCUT2D eigenvalue weighted by Gasteiger charge is 2.15. The minimum absolute atomic E-state index is 0.0546. The van der Waals surface area contributed by atoms with Crippen LogP contribution in [-0.4, -0.2) is 16.5 Å². The Morgan fingerprint density at radius 2 is 2.16 bits per heavy atom. The van der Waals surface area contributed by atoms with Crippen LogP contribution in [0.5, 0.6) is 0 Å². The number of nitrogens with one attached hydrogen (secondary N) is 3. The van der Waals surface area contributed by atoms with Crippen LogP contribution < -0.4 is 16.2 Å². The molecule has 0 saturated carbocycles. The molecule has 0 aliphatic carbocycles. The number of benzene rings is 1. The highest BCUT2D eigenvalue weighted by molar-refractivity contribution is 9.10. The quantitative estimate of drug-likeness (QED) is 0.790. The van der Waals surface area contributed by atoms with E-state index in [1.165, 1.54) is 0 Å². The molecule has 3 N–H and O–H groups in total. The molecule has 0 bridgehead atoms. The second-order valence-corrected chi connectivity index (χ2v) is 5.23. The lowest BCUT2D eigenvalue weighted by atomic mass is 10.1.